The summed E-state index contributed by atoms with van der Waals surface area (Å²) in [5.74, 6) is 4.99. The van der Waals surface area contributed by atoms with E-state index in [1.165, 1.54) is 18.2 Å². The topological polar surface area (TPSA) is 110 Å². The second-order valence-electron chi connectivity index (χ2n) is 5.17. The minimum atomic E-state index is -0.536. The lowest BCUT2D eigenvalue weighted by atomic mass is 10.0. The summed E-state index contributed by atoms with van der Waals surface area (Å²) in [6.07, 6.45) is 3.24. The molecule has 1 amide bonds. The molecule has 1 saturated carbocycles. The van der Waals surface area contributed by atoms with Crippen LogP contribution in [0, 0.1) is 15.5 Å². The van der Waals surface area contributed by atoms with Crippen molar-refractivity contribution in [1.82, 2.24) is 5.32 Å². The lowest BCUT2D eigenvalue weighted by Gasteiger charge is -2.14. The van der Waals surface area contributed by atoms with Crippen molar-refractivity contribution in [2.75, 3.05) is 12.0 Å². The smallest absolute Gasteiger partial charge is 0.270 e. The molecule has 0 saturated heterocycles. The molecule has 7 heteroatoms. The van der Waals surface area contributed by atoms with E-state index in [1.54, 1.807) is 0 Å². The molecule has 0 atom stereocenters. The molecule has 4 N–H and O–H groups in total. The molecule has 0 radical (unpaired) electrons. The quantitative estimate of drug-likeness (QED) is 0.417. The first-order valence-corrected chi connectivity index (χ1v) is 6.54. The Kier molecular flexibility index (Phi) is 3.89. The highest BCUT2D eigenvalue weighted by atomic mass is 16.6. The number of nitrogens with two attached hydrogens (primary N) is 1. The minimum Gasteiger partial charge on any atom is -0.351 e. The van der Waals surface area contributed by atoms with E-state index >= 15 is 0 Å². The van der Waals surface area contributed by atoms with Gasteiger partial charge in [0.05, 0.1) is 16.2 Å². The van der Waals surface area contributed by atoms with Crippen molar-refractivity contribution >= 4 is 17.3 Å². The molecular formula is C13H18N4O3. The highest BCUT2D eigenvalue weighted by molar-refractivity contribution is 6.00. The number of non-ortho nitro benzene ring substituents is 1. The molecule has 1 aromatic rings. The van der Waals surface area contributed by atoms with E-state index in [2.05, 4.69) is 17.7 Å². The number of hydrazine groups is 1. The molecule has 1 aliphatic rings. The molecule has 0 bridgehead atoms. The fourth-order valence-electron chi connectivity index (χ4n) is 2.15. The predicted octanol–water partition coefficient (Wildman–Crippen LogP) is 1.80. The molecule has 108 valence electrons. The van der Waals surface area contributed by atoms with Crippen molar-refractivity contribution < 1.29 is 9.72 Å². The lowest BCUT2D eigenvalue weighted by Crippen LogP contribution is -2.31. The van der Waals surface area contributed by atoms with Gasteiger partial charge in [-0.25, -0.2) is 0 Å². The lowest BCUT2D eigenvalue weighted by molar-refractivity contribution is -0.384. The van der Waals surface area contributed by atoms with E-state index < -0.39 is 4.92 Å². The average molecular weight is 278 g/mol. The van der Waals surface area contributed by atoms with Crippen molar-refractivity contribution in [1.29, 1.82) is 0 Å². The molecule has 0 unspecified atom stereocenters. The average Bonchev–Trinajstić information content (AvgIpc) is 3.24. The summed E-state index contributed by atoms with van der Waals surface area (Å²) >= 11 is 0. The van der Waals surface area contributed by atoms with Crippen molar-refractivity contribution in [2.45, 2.75) is 26.2 Å². The Hall–Kier alpha value is -2.15. The van der Waals surface area contributed by atoms with Crippen LogP contribution in [0.25, 0.3) is 0 Å². The highest BCUT2D eigenvalue weighted by Crippen LogP contribution is 2.47. The van der Waals surface area contributed by atoms with Gasteiger partial charge in [-0.15, -0.1) is 0 Å². The summed E-state index contributed by atoms with van der Waals surface area (Å²) in [6, 6.07) is 3.97. The number of carbonyl (C=O) groups is 1. The van der Waals surface area contributed by atoms with Gasteiger partial charge in [0.1, 0.15) is 0 Å². The van der Waals surface area contributed by atoms with E-state index in [0.717, 1.165) is 19.3 Å². The molecule has 1 aromatic carbocycles. The molecule has 7 nitrogen and oxygen atoms in total. The monoisotopic (exact) mass is 278 g/mol. The molecule has 2 rings (SSSR count). The number of carbonyl (C=O) groups excluding carboxylic acids is 1. The van der Waals surface area contributed by atoms with Crippen LogP contribution in [0.15, 0.2) is 18.2 Å². The molecule has 0 spiro atoms. The van der Waals surface area contributed by atoms with E-state index in [1.807, 2.05) is 0 Å². The van der Waals surface area contributed by atoms with E-state index in [9.17, 15) is 14.9 Å². The maximum atomic E-state index is 12.2. The Morgan fingerprint density at radius 1 is 1.50 bits per heavy atom. The van der Waals surface area contributed by atoms with Gasteiger partial charge in [0.2, 0.25) is 0 Å². The fourth-order valence-corrected chi connectivity index (χ4v) is 2.15. The first-order valence-electron chi connectivity index (χ1n) is 6.54. The predicted molar refractivity (Wildman–Crippen MR) is 75.2 cm³/mol. The van der Waals surface area contributed by atoms with E-state index in [4.69, 9.17) is 5.84 Å². The van der Waals surface area contributed by atoms with E-state index in [-0.39, 0.29) is 22.6 Å². The first-order chi connectivity index (χ1) is 9.51. The summed E-state index contributed by atoms with van der Waals surface area (Å²) in [7, 11) is 0. The zero-order chi connectivity index (χ0) is 14.8. The third-order valence-corrected chi connectivity index (χ3v) is 3.95. The number of nitrogens with zero attached hydrogens (tertiary/aromatic N) is 1. The summed E-state index contributed by atoms with van der Waals surface area (Å²) in [4.78, 5) is 22.4. The summed E-state index contributed by atoms with van der Waals surface area (Å²) in [6.45, 7) is 2.69. The van der Waals surface area contributed by atoms with Crippen LogP contribution in [0.5, 0.6) is 0 Å². The van der Waals surface area contributed by atoms with Crippen molar-refractivity contribution in [3.63, 3.8) is 0 Å². The third-order valence-electron chi connectivity index (χ3n) is 3.95. The van der Waals surface area contributed by atoms with Gasteiger partial charge >= 0.3 is 0 Å². The van der Waals surface area contributed by atoms with Gasteiger partial charge in [0, 0.05) is 18.7 Å². The van der Waals surface area contributed by atoms with Crippen LogP contribution in [-0.2, 0) is 0 Å². The summed E-state index contributed by atoms with van der Waals surface area (Å²) < 4.78 is 0. The number of nitro benzene ring substituents is 1. The van der Waals surface area contributed by atoms with Gasteiger partial charge in [-0.05, 0) is 30.7 Å². The number of benzene rings is 1. The number of rotatable bonds is 6. The standard InChI is InChI=1S/C13H18N4O3/c1-2-13(5-6-13)8-15-12(18)10-7-9(17(19)20)3-4-11(10)16-14/h3-4,7,16H,2,5-6,8,14H2,1H3,(H,15,18). The third kappa shape index (κ3) is 2.88. The first kappa shape index (κ1) is 14.3. The summed E-state index contributed by atoms with van der Waals surface area (Å²) in [5, 5.41) is 13.6. The Labute approximate surface area is 116 Å². The molecule has 1 fully saturated rings. The number of hydrogen-bond donors (Lipinski definition) is 3. The molecule has 1 aliphatic carbocycles. The fraction of sp³-hybridized carbons (Fsp3) is 0.462. The van der Waals surface area contributed by atoms with Gasteiger partial charge in [-0.2, -0.15) is 0 Å². The zero-order valence-electron chi connectivity index (χ0n) is 11.3. The SMILES string of the molecule is CCC1(CNC(=O)c2cc([N+](=O)[O-])ccc2NN)CC1. The Bertz CT molecular complexity index is 540. The number of nitrogens with one attached hydrogen (secondary N) is 2. The number of hydrogen-bond acceptors (Lipinski definition) is 5. The molecule has 0 aliphatic heterocycles. The second-order valence-corrected chi connectivity index (χ2v) is 5.17. The van der Waals surface area contributed by atoms with Crippen molar-refractivity contribution in [3.8, 4) is 0 Å². The molecule has 0 aromatic heterocycles. The highest BCUT2D eigenvalue weighted by Gasteiger charge is 2.40. The van der Waals surface area contributed by atoms with Crippen molar-refractivity contribution in [3.05, 3.63) is 33.9 Å². The Morgan fingerprint density at radius 3 is 2.70 bits per heavy atom. The van der Waals surface area contributed by atoms with Crippen LogP contribution in [0.2, 0.25) is 0 Å². The summed E-state index contributed by atoms with van der Waals surface area (Å²) in [5.41, 5.74) is 3.03. The van der Waals surface area contributed by atoms with Crippen LogP contribution in [0.3, 0.4) is 0 Å². The normalized spacial score (nSPS) is 15.5. The van der Waals surface area contributed by atoms with E-state index in [0.29, 0.717) is 12.2 Å². The van der Waals surface area contributed by atoms with Gasteiger partial charge in [-0.1, -0.05) is 6.92 Å². The maximum Gasteiger partial charge on any atom is 0.270 e. The number of anilines is 1. The number of amides is 1. The largest absolute Gasteiger partial charge is 0.351 e. The van der Waals surface area contributed by atoms with Crippen LogP contribution in [0.4, 0.5) is 11.4 Å². The number of nitrogen functional groups attached to an aromatic ring is 1. The minimum absolute atomic E-state index is 0.134. The maximum absolute atomic E-state index is 12.2. The molecule has 0 heterocycles. The van der Waals surface area contributed by atoms with Gasteiger partial charge in [-0.3, -0.25) is 20.8 Å². The van der Waals surface area contributed by atoms with Crippen molar-refractivity contribution in [2.24, 2.45) is 11.3 Å². The number of nitro groups is 1. The Balaban J connectivity index is 2.15. The molecule has 20 heavy (non-hydrogen) atoms. The van der Waals surface area contributed by atoms with Crippen LogP contribution in [0.1, 0.15) is 36.5 Å². The van der Waals surface area contributed by atoms with Crippen LogP contribution in [-0.4, -0.2) is 17.4 Å². The van der Waals surface area contributed by atoms with Gasteiger partial charge < -0.3 is 10.7 Å². The second kappa shape index (κ2) is 5.46. The molecular weight excluding hydrogens is 260 g/mol. The van der Waals surface area contributed by atoms with Crippen LogP contribution >= 0.6 is 0 Å². The van der Waals surface area contributed by atoms with Gasteiger partial charge in [0.15, 0.2) is 0 Å². The van der Waals surface area contributed by atoms with Gasteiger partial charge in [0.25, 0.3) is 11.6 Å². The van der Waals surface area contributed by atoms with Crippen LogP contribution < -0.4 is 16.6 Å². The Morgan fingerprint density at radius 2 is 2.20 bits per heavy atom. The zero-order valence-corrected chi connectivity index (χ0v) is 11.3.